The molecule has 0 aromatic rings. The van der Waals surface area contributed by atoms with Gasteiger partial charge in [0.2, 0.25) is 0 Å². The van der Waals surface area contributed by atoms with Crippen LogP contribution in [0, 0.1) is 0 Å². The first-order chi connectivity index (χ1) is 4.22. The van der Waals surface area contributed by atoms with E-state index in [9.17, 15) is 4.79 Å². The number of hydrogen-bond acceptors (Lipinski definition) is 4. The van der Waals surface area contributed by atoms with Gasteiger partial charge in [0.05, 0.1) is 0 Å². The first-order valence-corrected chi connectivity index (χ1v) is 4.59. The van der Waals surface area contributed by atoms with Gasteiger partial charge in [0, 0.05) is 0 Å². The summed E-state index contributed by atoms with van der Waals surface area (Å²) in [5.41, 5.74) is 0.0278. The van der Waals surface area contributed by atoms with Crippen molar-refractivity contribution in [3.05, 3.63) is 0 Å². The van der Waals surface area contributed by atoms with Crippen molar-refractivity contribution in [2.24, 2.45) is 8.71 Å². The molecule has 48 valence electrons. The Morgan fingerprint density at radius 2 is 2.22 bits per heavy atom. The number of rotatable bonds is 3. The second-order valence-corrected chi connectivity index (χ2v) is 2.97. The Labute approximate surface area is 73.5 Å². The summed E-state index contributed by atoms with van der Waals surface area (Å²) in [5, 5.41) is 12.1. The van der Waals surface area contributed by atoms with Crippen molar-refractivity contribution in [3.8, 4) is 0 Å². The summed E-state index contributed by atoms with van der Waals surface area (Å²) >= 11 is 1.72. The molecular weight excluding hydrogens is 464 g/mol. The first-order valence-electron chi connectivity index (χ1n) is 1.81. The predicted molar refractivity (Wildman–Crippen MR) is 22.9 cm³/mol. The molecule has 0 aromatic carbocycles. The standard InChI is InChI=1S/C3H2N2O2.2W/c4-5-3(1-6)2-7;;/h1,7H;;. The molecule has 1 N–H and O–H groups in total. The SMILES string of the molecule is O=CC(=N[N]=[W])[C](O)=[W]. The van der Waals surface area contributed by atoms with Gasteiger partial charge in [-0.1, -0.05) is 0 Å². The number of nitrogens with zero attached hydrogens (tertiary/aromatic N) is 2. The molecule has 0 saturated heterocycles. The molecule has 6 heteroatoms. The number of aliphatic hydroxyl groups is 1. The summed E-state index contributed by atoms with van der Waals surface area (Å²) in [6.45, 7) is 0. The van der Waals surface area contributed by atoms with Crippen LogP contribution in [0.3, 0.4) is 0 Å². The minimum atomic E-state index is -0.0185. The van der Waals surface area contributed by atoms with Gasteiger partial charge in [0.15, 0.2) is 0 Å². The van der Waals surface area contributed by atoms with Crippen molar-refractivity contribution in [2.45, 2.75) is 0 Å². The van der Waals surface area contributed by atoms with Crippen LogP contribution in [0.2, 0.25) is 0 Å². The maximum atomic E-state index is 9.99. The molecule has 0 aliphatic heterocycles. The van der Waals surface area contributed by atoms with E-state index >= 15 is 0 Å². The third-order valence-corrected chi connectivity index (χ3v) is 1.52. The molecule has 0 aliphatic rings. The van der Waals surface area contributed by atoms with Crippen LogP contribution in [-0.4, -0.2) is 21.2 Å². The Bertz CT molecular complexity index is 177. The number of hydrogen-bond donors (Lipinski definition) is 1. The summed E-state index contributed by atoms with van der Waals surface area (Å²) in [6.07, 6.45) is 0.481. The van der Waals surface area contributed by atoms with E-state index in [1.165, 1.54) is 0 Å². The van der Waals surface area contributed by atoms with Gasteiger partial charge in [0.25, 0.3) is 0 Å². The van der Waals surface area contributed by atoms with Crippen LogP contribution < -0.4 is 0 Å². The van der Waals surface area contributed by atoms with E-state index in [4.69, 9.17) is 5.11 Å². The molecule has 0 radical (unpaired) electrons. The zero-order valence-electron chi connectivity index (χ0n) is 4.14. The Hall–Kier alpha value is 0.347. The molecule has 0 rings (SSSR count). The summed E-state index contributed by atoms with van der Waals surface area (Å²) < 4.78 is 3.38. The Morgan fingerprint density at radius 3 is 2.33 bits per heavy atom. The molecule has 0 aromatic heterocycles. The molecule has 0 atom stereocenters. The fourth-order valence-electron chi connectivity index (χ4n) is 0.161. The Morgan fingerprint density at radius 1 is 1.67 bits per heavy atom. The van der Waals surface area contributed by atoms with Gasteiger partial charge in [-0.3, -0.25) is 0 Å². The zero-order chi connectivity index (χ0) is 7.28. The molecule has 0 amide bonds. The average molecular weight is 466 g/mol. The van der Waals surface area contributed by atoms with Gasteiger partial charge >= 0.3 is 73.7 Å². The molecule has 0 heterocycles. The Kier molecular flexibility index (Phi) is 5.36. The van der Waals surface area contributed by atoms with E-state index in [2.05, 4.69) is 8.71 Å². The fraction of sp³-hybridized carbons (Fsp3) is 0. The monoisotopic (exact) mass is 466 g/mol. The summed E-state index contributed by atoms with van der Waals surface area (Å²) in [5.74, 6) is 0. The molecule has 0 fully saturated rings. The molecule has 0 unspecified atom stereocenters. The fourth-order valence-corrected chi connectivity index (χ4v) is 0.796. The van der Waals surface area contributed by atoms with Crippen molar-refractivity contribution >= 4 is 16.1 Å². The molecule has 0 spiro atoms. The van der Waals surface area contributed by atoms with Crippen LogP contribution in [0.1, 0.15) is 0 Å². The van der Waals surface area contributed by atoms with Crippen LogP contribution in [-0.2, 0) is 43.8 Å². The first kappa shape index (κ1) is 9.35. The second-order valence-electron chi connectivity index (χ2n) is 0.990. The van der Waals surface area contributed by atoms with Crippen molar-refractivity contribution in [1.29, 1.82) is 0 Å². The van der Waals surface area contributed by atoms with Crippen LogP contribution in [0.5, 0.6) is 0 Å². The zero-order valence-corrected chi connectivity index (χ0v) is 10.0. The van der Waals surface area contributed by atoms with E-state index in [0.29, 0.717) is 6.29 Å². The number of carbonyl (C=O) groups excluding carboxylic acids is 1. The normalized spacial score (nSPS) is 10.6. The Balaban J connectivity index is 4.32. The van der Waals surface area contributed by atoms with Gasteiger partial charge < -0.3 is 0 Å². The van der Waals surface area contributed by atoms with Crippen molar-refractivity contribution in [3.63, 3.8) is 0 Å². The van der Waals surface area contributed by atoms with Crippen molar-refractivity contribution in [2.75, 3.05) is 0 Å². The third-order valence-electron chi connectivity index (χ3n) is 0.479. The minimum absolute atomic E-state index is 0.0185. The number of aliphatic hydroxyl groups excluding tert-OH is 1. The van der Waals surface area contributed by atoms with Gasteiger partial charge in [-0.2, -0.15) is 0 Å². The van der Waals surface area contributed by atoms with E-state index in [1.807, 2.05) is 0 Å². The molecule has 9 heavy (non-hydrogen) atoms. The van der Waals surface area contributed by atoms with Crippen LogP contribution in [0.15, 0.2) is 8.71 Å². The van der Waals surface area contributed by atoms with Crippen molar-refractivity contribution < 1.29 is 48.9 Å². The van der Waals surface area contributed by atoms with Gasteiger partial charge in [0.1, 0.15) is 0 Å². The van der Waals surface area contributed by atoms with Crippen LogP contribution in [0.4, 0.5) is 0 Å². The van der Waals surface area contributed by atoms with Crippen LogP contribution in [0.25, 0.3) is 0 Å². The van der Waals surface area contributed by atoms with Gasteiger partial charge in [-0.25, -0.2) is 0 Å². The maximum absolute atomic E-state index is 9.99. The molecular formula is C3H2N2O2W2. The van der Waals surface area contributed by atoms with E-state index < -0.39 is 0 Å². The van der Waals surface area contributed by atoms with Crippen molar-refractivity contribution in [1.82, 2.24) is 0 Å². The van der Waals surface area contributed by atoms with E-state index in [0.717, 1.165) is 39.0 Å². The average Bonchev–Trinajstić information content (AvgIpc) is 1.82. The molecule has 4 nitrogen and oxygen atoms in total. The van der Waals surface area contributed by atoms with Gasteiger partial charge in [-0.15, -0.1) is 0 Å². The predicted octanol–water partition coefficient (Wildman–Crippen LogP) is -0.679. The number of aldehydes is 1. The summed E-state index contributed by atoms with van der Waals surface area (Å²) in [6, 6.07) is 0. The second kappa shape index (κ2) is 5.16. The van der Waals surface area contributed by atoms with Gasteiger partial charge in [-0.05, 0) is 0 Å². The molecule has 0 saturated carbocycles. The third kappa shape index (κ3) is 3.85. The van der Waals surface area contributed by atoms with E-state index in [-0.39, 0.29) is 9.80 Å². The number of carbonyl (C=O) groups is 1. The molecule has 0 aliphatic carbocycles. The topological polar surface area (TPSA) is 62.0 Å². The van der Waals surface area contributed by atoms with Crippen LogP contribution >= 0.6 is 0 Å². The molecule has 0 bridgehead atoms. The summed E-state index contributed by atoms with van der Waals surface area (Å²) in [7, 11) is 0. The quantitative estimate of drug-likeness (QED) is 0.341. The summed E-state index contributed by atoms with van der Waals surface area (Å²) in [4.78, 5) is 9.99. The van der Waals surface area contributed by atoms with E-state index in [1.54, 1.807) is 0 Å².